The van der Waals surface area contributed by atoms with Crippen LogP contribution in [0.15, 0.2) is 40.9 Å². The lowest BCUT2D eigenvalue weighted by Crippen LogP contribution is -2.57. The van der Waals surface area contributed by atoms with Gasteiger partial charge in [0.2, 0.25) is 17.6 Å². The molecule has 29 heavy (non-hydrogen) atoms. The number of nitrogens with zero attached hydrogens (tertiary/aromatic N) is 2. The van der Waals surface area contributed by atoms with Gasteiger partial charge in [-0.25, -0.2) is 0 Å². The van der Waals surface area contributed by atoms with E-state index in [1.54, 1.807) is 6.07 Å². The van der Waals surface area contributed by atoms with Gasteiger partial charge < -0.3 is 14.7 Å². The zero-order chi connectivity index (χ0) is 20.4. The van der Waals surface area contributed by atoms with Crippen molar-refractivity contribution >= 4 is 17.7 Å². The quantitative estimate of drug-likeness (QED) is 0.635. The summed E-state index contributed by atoms with van der Waals surface area (Å²) in [5.41, 5.74) is 6.41. The number of amides is 3. The van der Waals surface area contributed by atoms with Crippen molar-refractivity contribution in [2.24, 2.45) is 11.8 Å². The van der Waals surface area contributed by atoms with Gasteiger partial charge in [0.25, 0.3) is 5.91 Å². The van der Waals surface area contributed by atoms with E-state index < -0.39 is 0 Å². The number of benzene rings is 1. The minimum absolute atomic E-state index is 0.0728. The smallest absolute Gasteiger partial charge is 0.290 e. The van der Waals surface area contributed by atoms with Crippen molar-refractivity contribution in [3.8, 4) is 11.3 Å². The van der Waals surface area contributed by atoms with Crippen LogP contribution in [0.5, 0.6) is 0 Å². The summed E-state index contributed by atoms with van der Waals surface area (Å²) in [6.07, 6.45) is 1.03. The number of hydrazine groups is 1. The van der Waals surface area contributed by atoms with E-state index in [9.17, 15) is 14.4 Å². The Morgan fingerprint density at radius 1 is 1.03 bits per heavy atom. The molecule has 9 nitrogen and oxygen atoms in total. The number of hydrogen-bond donors (Lipinski definition) is 3. The summed E-state index contributed by atoms with van der Waals surface area (Å²) in [5, 5.41) is 6.77. The fraction of sp³-hybridized carbons (Fsp3) is 0.400. The Bertz CT molecular complexity index is 901. The third kappa shape index (κ3) is 4.29. The number of aromatic nitrogens is 1. The Labute approximate surface area is 167 Å². The third-order valence-corrected chi connectivity index (χ3v) is 5.39. The molecule has 1 aromatic carbocycles. The van der Waals surface area contributed by atoms with Gasteiger partial charge in [-0.1, -0.05) is 35.5 Å². The largest absolute Gasteiger partial charge is 0.350 e. The highest BCUT2D eigenvalue weighted by Crippen LogP contribution is 2.28. The molecule has 0 radical (unpaired) electrons. The fourth-order valence-corrected chi connectivity index (χ4v) is 3.53. The summed E-state index contributed by atoms with van der Waals surface area (Å²) < 4.78 is 5.14. The highest BCUT2D eigenvalue weighted by atomic mass is 16.5. The van der Waals surface area contributed by atoms with Crippen LogP contribution in [0.4, 0.5) is 0 Å². The molecular formula is C20H23N5O4. The van der Waals surface area contributed by atoms with Crippen molar-refractivity contribution in [1.82, 2.24) is 26.2 Å². The van der Waals surface area contributed by atoms with Gasteiger partial charge in [0, 0.05) is 36.7 Å². The van der Waals surface area contributed by atoms with Crippen molar-refractivity contribution in [3.63, 3.8) is 0 Å². The maximum absolute atomic E-state index is 12.3. The molecule has 3 amide bonds. The van der Waals surface area contributed by atoms with Crippen LogP contribution in [-0.4, -0.2) is 54.0 Å². The average molecular weight is 397 g/mol. The first-order valence-electron chi connectivity index (χ1n) is 9.61. The van der Waals surface area contributed by atoms with Crippen molar-refractivity contribution in [3.05, 3.63) is 42.2 Å². The number of carbonyl (C=O) groups excluding carboxylic acids is 3. The van der Waals surface area contributed by atoms with Gasteiger partial charge in [0.1, 0.15) is 5.69 Å². The number of carbonyl (C=O) groups is 3. The van der Waals surface area contributed by atoms with Crippen LogP contribution >= 0.6 is 0 Å². The molecule has 1 saturated carbocycles. The van der Waals surface area contributed by atoms with E-state index in [1.807, 2.05) is 42.3 Å². The van der Waals surface area contributed by atoms with Gasteiger partial charge in [-0.2, -0.15) is 0 Å². The van der Waals surface area contributed by atoms with E-state index in [-0.39, 0.29) is 41.4 Å². The number of nitrogens with one attached hydrogen (secondary N) is 3. The van der Waals surface area contributed by atoms with Gasteiger partial charge in [-0.3, -0.25) is 25.2 Å². The lowest BCUT2D eigenvalue weighted by molar-refractivity contribution is -0.137. The summed E-state index contributed by atoms with van der Waals surface area (Å²) in [5.74, 6) is -0.932. The standard InChI is InChI=1S/C20H23N5O4/c1-25-10-14(11-25)19(27)23-22-18(26)13-7-15(8-13)21-20(28)17-9-16(24-29-17)12-5-3-2-4-6-12/h2-6,9,13-15H,7-8,10-11H2,1H3,(H,21,28)(H,22,26)(H,23,27). The molecule has 2 aliphatic rings. The molecule has 1 aliphatic carbocycles. The van der Waals surface area contributed by atoms with Crippen LogP contribution < -0.4 is 16.2 Å². The molecule has 0 bridgehead atoms. The number of rotatable bonds is 5. The van der Waals surface area contributed by atoms with Crippen LogP contribution in [0.1, 0.15) is 23.4 Å². The van der Waals surface area contributed by atoms with Gasteiger partial charge in [0.15, 0.2) is 0 Å². The highest BCUT2D eigenvalue weighted by Gasteiger charge is 2.37. The van der Waals surface area contributed by atoms with Gasteiger partial charge >= 0.3 is 0 Å². The Balaban J connectivity index is 1.19. The van der Waals surface area contributed by atoms with Gasteiger partial charge in [-0.15, -0.1) is 0 Å². The lowest BCUT2D eigenvalue weighted by atomic mass is 9.79. The first-order valence-corrected chi connectivity index (χ1v) is 9.61. The molecule has 2 aromatic rings. The average Bonchev–Trinajstić information content (AvgIpc) is 3.17. The molecule has 1 aliphatic heterocycles. The first-order chi connectivity index (χ1) is 14.0. The second-order valence-electron chi connectivity index (χ2n) is 7.68. The Morgan fingerprint density at radius 2 is 1.69 bits per heavy atom. The fourth-order valence-electron chi connectivity index (χ4n) is 3.53. The van der Waals surface area contributed by atoms with Crippen molar-refractivity contribution in [2.75, 3.05) is 20.1 Å². The van der Waals surface area contributed by atoms with E-state index in [0.29, 0.717) is 31.6 Å². The SMILES string of the molecule is CN1CC(C(=O)NNC(=O)C2CC(NC(=O)c3cc(-c4ccccc4)no3)C2)C1. The van der Waals surface area contributed by atoms with Crippen LogP contribution in [0.2, 0.25) is 0 Å². The Morgan fingerprint density at radius 3 is 2.34 bits per heavy atom. The maximum Gasteiger partial charge on any atom is 0.290 e. The molecule has 152 valence electrons. The zero-order valence-corrected chi connectivity index (χ0v) is 16.1. The van der Waals surface area contributed by atoms with Crippen LogP contribution in [-0.2, 0) is 9.59 Å². The molecule has 1 aromatic heterocycles. The van der Waals surface area contributed by atoms with Crippen molar-refractivity contribution in [1.29, 1.82) is 0 Å². The molecular weight excluding hydrogens is 374 g/mol. The Hall–Kier alpha value is -3.20. The molecule has 0 atom stereocenters. The van der Waals surface area contributed by atoms with Gasteiger partial charge in [0.05, 0.1) is 5.92 Å². The normalized spacial score (nSPS) is 21.6. The van der Waals surface area contributed by atoms with Crippen molar-refractivity contribution < 1.29 is 18.9 Å². The summed E-state index contributed by atoms with van der Waals surface area (Å²) in [6.45, 7) is 1.40. The van der Waals surface area contributed by atoms with Crippen LogP contribution in [0.25, 0.3) is 11.3 Å². The second kappa shape index (κ2) is 8.04. The maximum atomic E-state index is 12.3. The summed E-state index contributed by atoms with van der Waals surface area (Å²) in [7, 11) is 1.94. The Kier molecular flexibility index (Phi) is 5.30. The topological polar surface area (TPSA) is 117 Å². The molecule has 0 spiro atoms. The summed E-state index contributed by atoms with van der Waals surface area (Å²) in [4.78, 5) is 38.3. The van der Waals surface area contributed by atoms with E-state index in [0.717, 1.165) is 5.56 Å². The van der Waals surface area contributed by atoms with Crippen LogP contribution in [0.3, 0.4) is 0 Å². The second-order valence-corrected chi connectivity index (χ2v) is 7.68. The minimum atomic E-state index is -0.356. The summed E-state index contributed by atoms with van der Waals surface area (Å²) >= 11 is 0. The van der Waals surface area contributed by atoms with Crippen molar-refractivity contribution in [2.45, 2.75) is 18.9 Å². The zero-order valence-electron chi connectivity index (χ0n) is 16.1. The molecule has 4 rings (SSSR count). The molecule has 3 N–H and O–H groups in total. The van der Waals surface area contributed by atoms with E-state index >= 15 is 0 Å². The number of hydrogen-bond acceptors (Lipinski definition) is 6. The predicted octanol–water partition coefficient (Wildman–Crippen LogP) is 0.559. The van der Waals surface area contributed by atoms with Crippen LogP contribution in [0, 0.1) is 11.8 Å². The highest BCUT2D eigenvalue weighted by molar-refractivity contribution is 5.93. The molecule has 1 saturated heterocycles. The number of likely N-dealkylation sites (tertiary alicyclic amines) is 1. The molecule has 9 heteroatoms. The first kappa shape index (κ1) is 19.1. The monoisotopic (exact) mass is 397 g/mol. The summed E-state index contributed by atoms with van der Waals surface area (Å²) in [6, 6.07) is 10.9. The molecule has 2 fully saturated rings. The lowest BCUT2D eigenvalue weighted by Gasteiger charge is -2.36. The molecule has 2 heterocycles. The van der Waals surface area contributed by atoms with E-state index in [1.165, 1.54) is 0 Å². The van der Waals surface area contributed by atoms with E-state index in [2.05, 4.69) is 21.3 Å². The van der Waals surface area contributed by atoms with Gasteiger partial charge in [-0.05, 0) is 19.9 Å². The predicted molar refractivity (Wildman–Crippen MR) is 103 cm³/mol. The minimum Gasteiger partial charge on any atom is -0.350 e. The molecule has 0 unspecified atom stereocenters. The van der Waals surface area contributed by atoms with E-state index in [4.69, 9.17) is 4.52 Å². The third-order valence-electron chi connectivity index (χ3n) is 5.39.